The lowest BCUT2D eigenvalue weighted by molar-refractivity contribution is -0.0554. The molecule has 2 unspecified atom stereocenters. The van der Waals surface area contributed by atoms with Gasteiger partial charge in [-0.1, -0.05) is 6.92 Å². The number of halogens is 1. The van der Waals surface area contributed by atoms with E-state index < -0.39 is 0 Å². The summed E-state index contributed by atoms with van der Waals surface area (Å²) in [6.07, 6.45) is 2.65. The first-order valence-corrected chi connectivity index (χ1v) is 5.73. The summed E-state index contributed by atoms with van der Waals surface area (Å²) in [4.78, 5) is 2.51. The minimum atomic E-state index is 0.387. The maximum Gasteiger partial charge on any atom is 0.0674 e. The number of hydrogen-bond acceptors (Lipinski definition) is 2. The van der Waals surface area contributed by atoms with Gasteiger partial charge in [-0.2, -0.15) is 0 Å². The third-order valence-electron chi connectivity index (χ3n) is 2.63. The zero-order valence-corrected chi connectivity index (χ0v) is 9.39. The Kier molecular flexibility index (Phi) is 5.07. The van der Waals surface area contributed by atoms with Gasteiger partial charge in [0.05, 0.1) is 12.7 Å². The van der Waals surface area contributed by atoms with Gasteiger partial charge < -0.3 is 4.74 Å². The van der Waals surface area contributed by atoms with Crippen LogP contribution in [0, 0.1) is 0 Å². The van der Waals surface area contributed by atoms with E-state index in [4.69, 9.17) is 16.3 Å². The Morgan fingerprint density at radius 2 is 2.31 bits per heavy atom. The molecule has 2 atom stereocenters. The second-order valence-electron chi connectivity index (χ2n) is 3.74. The van der Waals surface area contributed by atoms with Crippen LogP contribution in [0.2, 0.25) is 0 Å². The van der Waals surface area contributed by atoms with Crippen molar-refractivity contribution in [1.29, 1.82) is 0 Å². The lowest BCUT2D eigenvalue weighted by atomic mass is 10.1. The summed E-state index contributed by atoms with van der Waals surface area (Å²) in [5.41, 5.74) is 0. The Morgan fingerprint density at radius 3 is 2.92 bits per heavy atom. The molecule has 0 spiro atoms. The standard InChI is InChI=1S/C10H20ClNO/c1-3-10-8-13-9(2)7-12(10)6-4-5-11/h9-10H,3-8H2,1-2H3. The largest absolute Gasteiger partial charge is 0.376 e. The van der Waals surface area contributed by atoms with Crippen LogP contribution in [-0.4, -0.2) is 42.6 Å². The molecule has 0 aromatic rings. The molecule has 0 bridgehead atoms. The molecule has 2 nitrogen and oxygen atoms in total. The molecule has 13 heavy (non-hydrogen) atoms. The third kappa shape index (κ3) is 3.45. The summed E-state index contributed by atoms with van der Waals surface area (Å²) in [7, 11) is 0. The van der Waals surface area contributed by atoms with Crippen molar-refractivity contribution in [2.45, 2.75) is 38.8 Å². The van der Waals surface area contributed by atoms with E-state index in [0.29, 0.717) is 12.1 Å². The first-order chi connectivity index (χ1) is 6.27. The molecule has 0 aliphatic carbocycles. The summed E-state index contributed by atoms with van der Waals surface area (Å²) in [6, 6.07) is 0.611. The SMILES string of the molecule is CCC1COC(C)CN1CCCCl. The van der Waals surface area contributed by atoms with Gasteiger partial charge in [0.25, 0.3) is 0 Å². The fourth-order valence-electron chi connectivity index (χ4n) is 1.83. The van der Waals surface area contributed by atoms with Crippen molar-refractivity contribution in [2.75, 3.05) is 25.6 Å². The highest BCUT2D eigenvalue weighted by Gasteiger charge is 2.24. The van der Waals surface area contributed by atoms with Crippen molar-refractivity contribution in [3.8, 4) is 0 Å². The van der Waals surface area contributed by atoms with Crippen LogP contribution >= 0.6 is 11.6 Å². The van der Waals surface area contributed by atoms with E-state index in [9.17, 15) is 0 Å². The van der Waals surface area contributed by atoms with E-state index in [0.717, 1.165) is 32.0 Å². The fraction of sp³-hybridized carbons (Fsp3) is 1.00. The predicted octanol–water partition coefficient (Wildman–Crippen LogP) is 2.11. The van der Waals surface area contributed by atoms with E-state index in [-0.39, 0.29) is 0 Å². The molecular weight excluding hydrogens is 186 g/mol. The quantitative estimate of drug-likeness (QED) is 0.652. The third-order valence-corrected chi connectivity index (χ3v) is 2.90. The average Bonchev–Trinajstić information content (AvgIpc) is 2.15. The maximum atomic E-state index is 5.69. The molecule has 0 radical (unpaired) electrons. The predicted molar refractivity (Wildman–Crippen MR) is 56.4 cm³/mol. The molecule has 0 aromatic heterocycles. The van der Waals surface area contributed by atoms with Crippen LogP contribution in [0.4, 0.5) is 0 Å². The number of morpholine rings is 1. The van der Waals surface area contributed by atoms with Crippen molar-refractivity contribution in [3.63, 3.8) is 0 Å². The fourth-order valence-corrected chi connectivity index (χ4v) is 1.95. The molecule has 1 heterocycles. The van der Waals surface area contributed by atoms with Gasteiger partial charge in [0.15, 0.2) is 0 Å². The van der Waals surface area contributed by atoms with Gasteiger partial charge in [-0.3, -0.25) is 4.90 Å². The van der Waals surface area contributed by atoms with Crippen LogP contribution in [0.5, 0.6) is 0 Å². The highest BCUT2D eigenvalue weighted by atomic mass is 35.5. The van der Waals surface area contributed by atoms with Gasteiger partial charge in [-0.15, -0.1) is 11.6 Å². The summed E-state index contributed by atoms with van der Waals surface area (Å²) in [5.74, 6) is 0.766. The second kappa shape index (κ2) is 5.84. The Hall–Kier alpha value is 0.210. The van der Waals surface area contributed by atoms with E-state index in [1.807, 2.05) is 0 Å². The first-order valence-electron chi connectivity index (χ1n) is 5.19. The zero-order valence-electron chi connectivity index (χ0n) is 8.63. The van der Waals surface area contributed by atoms with Crippen LogP contribution in [0.25, 0.3) is 0 Å². The minimum absolute atomic E-state index is 0.387. The van der Waals surface area contributed by atoms with Crippen LogP contribution in [0.1, 0.15) is 26.7 Å². The van der Waals surface area contributed by atoms with Gasteiger partial charge in [0.2, 0.25) is 0 Å². The number of rotatable bonds is 4. The van der Waals surface area contributed by atoms with Crippen molar-refractivity contribution in [2.24, 2.45) is 0 Å². The van der Waals surface area contributed by atoms with Crippen molar-refractivity contribution < 1.29 is 4.74 Å². The molecule has 78 valence electrons. The summed E-state index contributed by atoms with van der Waals surface area (Å²) in [5, 5.41) is 0. The Labute approximate surface area is 86.2 Å². The molecule has 0 amide bonds. The summed E-state index contributed by atoms with van der Waals surface area (Å²) >= 11 is 5.69. The number of alkyl halides is 1. The minimum Gasteiger partial charge on any atom is -0.376 e. The van der Waals surface area contributed by atoms with Gasteiger partial charge in [-0.25, -0.2) is 0 Å². The number of hydrogen-bond donors (Lipinski definition) is 0. The van der Waals surface area contributed by atoms with Gasteiger partial charge >= 0.3 is 0 Å². The molecule has 0 N–H and O–H groups in total. The van der Waals surface area contributed by atoms with Gasteiger partial charge in [0, 0.05) is 18.5 Å². The van der Waals surface area contributed by atoms with E-state index in [1.54, 1.807) is 0 Å². The molecule has 1 aliphatic heterocycles. The van der Waals surface area contributed by atoms with Crippen LogP contribution < -0.4 is 0 Å². The van der Waals surface area contributed by atoms with E-state index >= 15 is 0 Å². The maximum absolute atomic E-state index is 5.69. The van der Waals surface area contributed by atoms with Crippen molar-refractivity contribution in [3.05, 3.63) is 0 Å². The van der Waals surface area contributed by atoms with Gasteiger partial charge in [-0.05, 0) is 26.3 Å². The van der Waals surface area contributed by atoms with Crippen LogP contribution in [-0.2, 0) is 4.74 Å². The molecule has 1 fully saturated rings. The Balaban J connectivity index is 2.35. The highest BCUT2D eigenvalue weighted by molar-refractivity contribution is 6.17. The second-order valence-corrected chi connectivity index (χ2v) is 4.12. The monoisotopic (exact) mass is 205 g/mol. The van der Waals surface area contributed by atoms with E-state index in [2.05, 4.69) is 18.7 Å². The normalized spacial score (nSPS) is 30.7. The lowest BCUT2D eigenvalue weighted by Crippen LogP contribution is -2.48. The summed E-state index contributed by atoms with van der Waals surface area (Å²) in [6.45, 7) is 7.43. The topological polar surface area (TPSA) is 12.5 Å². The van der Waals surface area contributed by atoms with Gasteiger partial charge in [0.1, 0.15) is 0 Å². The van der Waals surface area contributed by atoms with Crippen LogP contribution in [0.15, 0.2) is 0 Å². The smallest absolute Gasteiger partial charge is 0.0674 e. The summed E-state index contributed by atoms with van der Waals surface area (Å²) < 4.78 is 5.62. The van der Waals surface area contributed by atoms with E-state index in [1.165, 1.54) is 6.42 Å². The van der Waals surface area contributed by atoms with Crippen molar-refractivity contribution in [1.82, 2.24) is 4.90 Å². The van der Waals surface area contributed by atoms with Crippen LogP contribution in [0.3, 0.4) is 0 Å². The molecule has 1 aliphatic rings. The van der Waals surface area contributed by atoms with Crippen molar-refractivity contribution >= 4 is 11.6 Å². The molecular formula is C10H20ClNO. The Morgan fingerprint density at radius 1 is 1.54 bits per heavy atom. The highest BCUT2D eigenvalue weighted by Crippen LogP contribution is 2.14. The lowest BCUT2D eigenvalue weighted by Gasteiger charge is -2.38. The average molecular weight is 206 g/mol. The zero-order chi connectivity index (χ0) is 9.68. The molecule has 0 saturated carbocycles. The molecule has 3 heteroatoms. The molecule has 0 aromatic carbocycles. The first kappa shape index (κ1) is 11.3. The molecule has 1 rings (SSSR count). The molecule has 1 saturated heterocycles. The number of nitrogens with zero attached hydrogens (tertiary/aromatic N) is 1. The number of ether oxygens (including phenoxy) is 1. The Bertz CT molecular complexity index is 143.